The van der Waals surface area contributed by atoms with Gasteiger partial charge in [0.2, 0.25) is 0 Å². The number of piperidine rings is 1. The minimum atomic E-state index is -0.257. The lowest BCUT2D eigenvalue weighted by Gasteiger charge is -2.32. The molecule has 4 heteroatoms. The molecule has 110 valence electrons. The minimum Gasteiger partial charge on any atom is -0.392 e. The Labute approximate surface area is 120 Å². The highest BCUT2D eigenvalue weighted by atomic mass is 19.1. The van der Waals surface area contributed by atoms with Crippen LogP contribution in [0.2, 0.25) is 0 Å². The molecule has 2 aliphatic heterocycles. The molecule has 3 rings (SSSR count). The van der Waals surface area contributed by atoms with Crippen LogP contribution in [0.5, 0.6) is 0 Å². The fourth-order valence-electron chi connectivity index (χ4n) is 3.47. The highest BCUT2D eigenvalue weighted by Crippen LogP contribution is 2.26. The molecule has 0 saturated carbocycles. The maximum atomic E-state index is 13.6. The molecule has 0 aliphatic carbocycles. The van der Waals surface area contributed by atoms with Gasteiger partial charge in [0, 0.05) is 24.8 Å². The summed E-state index contributed by atoms with van der Waals surface area (Å²) in [7, 11) is 0. The number of halogens is 1. The maximum Gasteiger partial charge on any atom is 0.125 e. The van der Waals surface area contributed by atoms with Gasteiger partial charge in [-0.2, -0.15) is 0 Å². The van der Waals surface area contributed by atoms with Crippen molar-refractivity contribution >= 4 is 5.69 Å². The number of hydrogen-bond acceptors (Lipinski definition) is 3. The van der Waals surface area contributed by atoms with Crippen molar-refractivity contribution in [3.63, 3.8) is 0 Å². The lowest BCUT2D eigenvalue weighted by atomic mass is 10.1. The molecule has 2 saturated heterocycles. The SMILES string of the molecule is OCc1cc(F)cc(N2CCC(N3CCCCC3)C2)c1. The van der Waals surface area contributed by atoms with Gasteiger partial charge in [-0.25, -0.2) is 4.39 Å². The molecule has 1 aromatic rings. The molecule has 2 fully saturated rings. The maximum absolute atomic E-state index is 13.6. The highest BCUT2D eigenvalue weighted by Gasteiger charge is 2.28. The monoisotopic (exact) mass is 278 g/mol. The zero-order valence-electron chi connectivity index (χ0n) is 11.9. The van der Waals surface area contributed by atoms with Crippen molar-refractivity contribution in [3.05, 3.63) is 29.6 Å². The zero-order valence-corrected chi connectivity index (χ0v) is 11.9. The van der Waals surface area contributed by atoms with E-state index in [9.17, 15) is 9.50 Å². The van der Waals surface area contributed by atoms with Gasteiger partial charge in [-0.3, -0.25) is 4.90 Å². The molecular formula is C16H23FN2O. The van der Waals surface area contributed by atoms with Gasteiger partial charge in [-0.15, -0.1) is 0 Å². The molecule has 0 amide bonds. The molecule has 1 N–H and O–H groups in total. The predicted molar refractivity (Wildman–Crippen MR) is 78.4 cm³/mol. The van der Waals surface area contributed by atoms with E-state index in [4.69, 9.17) is 0 Å². The van der Waals surface area contributed by atoms with Crippen LogP contribution in [0, 0.1) is 5.82 Å². The normalized spacial score (nSPS) is 24.3. The van der Waals surface area contributed by atoms with Crippen molar-refractivity contribution in [1.82, 2.24) is 4.90 Å². The van der Waals surface area contributed by atoms with Crippen LogP contribution < -0.4 is 4.90 Å². The van der Waals surface area contributed by atoms with Crippen molar-refractivity contribution in [2.45, 2.75) is 38.3 Å². The topological polar surface area (TPSA) is 26.7 Å². The van der Waals surface area contributed by atoms with E-state index in [0.29, 0.717) is 11.6 Å². The Hall–Kier alpha value is -1.13. The smallest absolute Gasteiger partial charge is 0.125 e. The molecule has 20 heavy (non-hydrogen) atoms. The molecule has 0 spiro atoms. The van der Waals surface area contributed by atoms with Crippen molar-refractivity contribution < 1.29 is 9.50 Å². The Morgan fingerprint density at radius 2 is 1.90 bits per heavy atom. The number of hydrogen-bond donors (Lipinski definition) is 1. The summed E-state index contributed by atoms with van der Waals surface area (Å²) in [6.07, 6.45) is 5.14. The summed E-state index contributed by atoms with van der Waals surface area (Å²) in [4.78, 5) is 4.84. The third-order valence-electron chi connectivity index (χ3n) is 4.56. The highest BCUT2D eigenvalue weighted by molar-refractivity contribution is 5.50. The first-order valence-corrected chi connectivity index (χ1v) is 7.65. The number of aliphatic hydroxyl groups excluding tert-OH is 1. The average molecular weight is 278 g/mol. The van der Waals surface area contributed by atoms with Crippen LogP contribution in [-0.2, 0) is 6.61 Å². The van der Waals surface area contributed by atoms with Crippen molar-refractivity contribution in [2.24, 2.45) is 0 Å². The van der Waals surface area contributed by atoms with E-state index in [0.717, 1.165) is 25.2 Å². The van der Waals surface area contributed by atoms with Crippen LogP contribution in [-0.4, -0.2) is 42.2 Å². The quantitative estimate of drug-likeness (QED) is 0.919. The van der Waals surface area contributed by atoms with Crippen molar-refractivity contribution in [2.75, 3.05) is 31.1 Å². The minimum absolute atomic E-state index is 0.103. The fraction of sp³-hybridized carbons (Fsp3) is 0.625. The molecular weight excluding hydrogens is 255 g/mol. The molecule has 3 nitrogen and oxygen atoms in total. The van der Waals surface area contributed by atoms with E-state index in [1.165, 1.54) is 38.4 Å². The van der Waals surface area contributed by atoms with Crippen molar-refractivity contribution in [3.8, 4) is 0 Å². The first kappa shape index (κ1) is 13.8. The number of aliphatic hydroxyl groups is 1. The Morgan fingerprint density at radius 1 is 1.10 bits per heavy atom. The van der Waals surface area contributed by atoms with Gasteiger partial charge < -0.3 is 10.0 Å². The number of benzene rings is 1. The summed E-state index contributed by atoms with van der Waals surface area (Å²) >= 11 is 0. The zero-order chi connectivity index (χ0) is 13.9. The molecule has 0 radical (unpaired) electrons. The van der Waals surface area contributed by atoms with E-state index in [1.54, 1.807) is 6.07 Å². The number of anilines is 1. The number of likely N-dealkylation sites (tertiary alicyclic amines) is 1. The summed E-state index contributed by atoms with van der Waals surface area (Å²) in [5.41, 5.74) is 1.56. The molecule has 0 bridgehead atoms. The summed E-state index contributed by atoms with van der Waals surface area (Å²) in [6, 6.07) is 5.50. The standard InChI is InChI=1S/C16H23FN2O/c17-14-8-13(12-20)9-16(10-14)19-7-4-15(11-19)18-5-2-1-3-6-18/h8-10,15,20H,1-7,11-12H2. The summed E-state index contributed by atoms with van der Waals surface area (Å²) < 4.78 is 13.6. The summed E-state index contributed by atoms with van der Waals surface area (Å²) in [6.45, 7) is 4.28. The Bertz CT molecular complexity index is 460. The van der Waals surface area contributed by atoms with Gasteiger partial charge in [-0.05, 0) is 56.1 Å². The third kappa shape index (κ3) is 2.96. The van der Waals surface area contributed by atoms with Gasteiger partial charge in [-0.1, -0.05) is 6.42 Å². The van der Waals surface area contributed by atoms with Gasteiger partial charge in [0.15, 0.2) is 0 Å². The Kier molecular flexibility index (Phi) is 4.22. The lowest BCUT2D eigenvalue weighted by molar-refractivity contribution is 0.175. The number of nitrogens with zero attached hydrogens (tertiary/aromatic N) is 2. The van der Waals surface area contributed by atoms with Crippen LogP contribution in [0.25, 0.3) is 0 Å². The predicted octanol–water partition coefficient (Wildman–Crippen LogP) is 2.38. The molecule has 1 atom stereocenters. The van der Waals surface area contributed by atoms with E-state index in [2.05, 4.69) is 9.80 Å². The molecule has 0 aromatic heterocycles. The number of rotatable bonds is 3. The van der Waals surface area contributed by atoms with Crippen LogP contribution in [0.1, 0.15) is 31.2 Å². The van der Waals surface area contributed by atoms with Crippen molar-refractivity contribution in [1.29, 1.82) is 0 Å². The van der Waals surface area contributed by atoms with Crippen LogP contribution in [0.3, 0.4) is 0 Å². The molecule has 1 aromatic carbocycles. The summed E-state index contributed by atoms with van der Waals surface area (Å²) in [5.74, 6) is -0.257. The Morgan fingerprint density at radius 3 is 2.65 bits per heavy atom. The Balaban J connectivity index is 1.68. The molecule has 2 aliphatic rings. The largest absolute Gasteiger partial charge is 0.392 e. The molecule has 1 unspecified atom stereocenters. The van der Waals surface area contributed by atoms with Crippen LogP contribution >= 0.6 is 0 Å². The van der Waals surface area contributed by atoms with Gasteiger partial charge in [0.05, 0.1) is 6.61 Å². The molecule has 2 heterocycles. The van der Waals surface area contributed by atoms with E-state index < -0.39 is 0 Å². The van der Waals surface area contributed by atoms with E-state index >= 15 is 0 Å². The second kappa shape index (κ2) is 6.10. The van der Waals surface area contributed by atoms with Crippen LogP contribution in [0.4, 0.5) is 10.1 Å². The van der Waals surface area contributed by atoms with Gasteiger partial charge >= 0.3 is 0 Å². The first-order valence-electron chi connectivity index (χ1n) is 7.65. The third-order valence-corrected chi connectivity index (χ3v) is 4.56. The lowest BCUT2D eigenvalue weighted by Crippen LogP contribution is -2.40. The van der Waals surface area contributed by atoms with E-state index in [-0.39, 0.29) is 12.4 Å². The summed E-state index contributed by atoms with van der Waals surface area (Å²) in [5, 5.41) is 9.19. The second-order valence-electron chi connectivity index (χ2n) is 5.96. The second-order valence-corrected chi connectivity index (χ2v) is 5.96. The van der Waals surface area contributed by atoms with E-state index in [1.807, 2.05) is 6.07 Å². The average Bonchev–Trinajstić information content (AvgIpc) is 2.97. The first-order chi connectivity index (χ1) is 9.76. The van der Waals surface area contributed by atoms with Crippen LogP contribution in [0.15, 0.2) is 18.2 Å². The van der Waals surface area contributed by atoms with Gasteiger partial charge in [0.1, 0.15) is 5.82 Å². The van der Waals surface area contributed by atoms with Gasteiger partial charge in [0.25, 0.3) is 0 Å². The fourth-order valence-corrected chi connectivity index (χ4v) is 3.47.